The molecule has 1 aliphatic carbocycles. The summed E-state index contributed by atoms with van der Waals surface area (Å²) >= 11 is 0. The average molecular weight is 219 g/mol. The highest BCUT2D eigenvalue weighted by atomic mass is 15.2. The molecule has 2 unspecified atom stereocenters. The maximum absolute atomic E-state index is 5.89. The SMILES string of the molecule is CC(C1CC1)N(C)C(CN)c1cccnc1. The maximum atomic E-state index is 5.89. The zero-order valence-electron chi connectivity index (χ0n) is 10.1. The van der Waals surface area contributed by atoms with E-state index in [1.165, 1.54) is 18.4 Å². The number of likely N-dealkylation sites (N-methyl/N-ethyl adjacent to an activating group) is 1. The van der Waals surface area contributed by atoms with E-state index in [-0.39, 0.29) is 0 Å². The van der Waals surface area contributed by atoms with Gasteiger partial charge in [-0.15, -0.1) is 0 Å². The van der Waals surface area contributed by atoms with Gasteiger partial charge in [0.2, 0.25) is 0 Å². The number of nitrogens with two attached hydrogens (primary N) is 1. The van der Waals surface area contributed by atoms with Gasteiger partial charge in [-0.25, -0.2) is 0 Å². The van der Waals surface area contributed by atoms with Crippen LogP contribution in [0.15, 0.2) is 24.5 Å². The first-order valence-electron chi connectivity index (χ1n) is 6.06. The van der Waals surface area contributed by atoms with Crippen molar-refractivity contribution in [3.63, 3.8) is 0 Å². The minimum atomic E-state index is 0.296. The van der Waals surface area contributed by atoms with E-state index >= 15 is 0 Å². The molecule has 1 heterocycles. The number of rotatable bonds is 5. The predicted octanol–water partition coefficient (Wildman–Crippen LogP) is 1.81. The Labute approximate surface area is 97.7 Å². The topological polar surface area (TPSA) is 42.1 Å². The zero-order chi connectivity index (χ0) is 11.5. The molecule has 3 heteroatoms. The Balaban J connectivity index is 2.09. The van der Waals surface area contributed by atoms with E-state index in [0.29, 0.717) is 18.6 Å². The van der Waals surface area contributed by atoms with Crippen molar-refractivity contribution in [3.05, 3.63) is 30.1 Å². The molecule has 0 saturated heterocycles. The molecule has 1 aromatic rings. The van der Waals surface area contributed by atoms with Gasteiger partial charge in [-0.2, -0.15) is 0 Å². The van der Waals surface area contributed by atoms with Gasteiger partial charge in [0, 0.05) is 31.0 Å². The second-order valence-corrected chi connectivity index (χ2v) is 4.78. The number of hydrogen-bond donors (Lipinski definition) is 1. The van der Waals surface area contributed by atoms with Gasteiger partial charge in [0.1, 0.15) is 0 Å². The molecule has 0 bridgehead atoms. The third kappa shape index (κ3) is 2.42. The molecule has 0 radical (unpaired) electrons. The second-order valence-electron chi connectivity index (χ2n) is 4.78. The summed E-state index contributed by atoms with van der Waals surface area (Å²) in [5.41, 5.74) is 7.12. The van der Waals surface area contributed by atoms with Crippen LogP contribution in [0.3, 0.4) is 0 Å². The van der Waals surface area contributed by atoms with Crippen LogP contribution >= 0.6 is 0 Å². The van der Waals surface area contributed by atoms with Crippen LogP contribution in [0.1, 0.15) is 31.4 Å². The molecule has 0 spiro atoms. The van der Waals surface area contributed by atoms with E-state index in [1.54, 1.807) is 6.20 Å². The smallest absolute Gasteiger partial charge is 0.0485 e. The van der Waals surface area contributed by atoms with Crippen LogP contribution in [0.4, 0.5) is 0 Å². The number of pyridine rings is 1. The van der Waals surface area contributed by atoms with Gasteiger partial charge in [0.05, 0.1) is 0 Å². The minimum absolute atomic E-state index is 0.296. The highest BCUT2D eigenvalue weighted by Crippen LogP contribution is 2.37. The molecule has 0 amide bonds. The number of nitrogens with zero attached hydrogens (tertiary/aromatic N) is 2. The van der Waals surface area contributed by atoms with Crippen molar-refractivity contribution in [3.8, 4) is 0 Å². The molecule has 2 rings (SSSR count). The van der Waals surface area contributed by atoms with Gasteiger partial charge in [-0.3, -0.25) is 9.88 Å². The summed E-state index contributed by atoms with van der Waals surface area (Å²) < 4.78 is 0. The van der Waals surface area contributed by atoms with Crippen molar-refractivity contribution in [2.75, 3.05) is 13.6 Å². The van der Waals surface area contributed by atoms with Crippen LogP contribution in [0.2, 0.25) is 0 Å². The molecular weight excluding hydrogens is 198 g/mol. The lowest BCUT2D eigenvalue weighted by atomic mass is 10.0. The normalized spacial score (nSPS) is 19.8. The summed E-state index contributed by atoms with van der Waals surface area (Å²) in [5.74, 6) is 0.871. The first-order chi connectivity index (χ1) is 7.74. The molecule has 1 aliphatic rings. The lowest BCUT2D eigenvalue weighted by Gasteiger charge is -2.32. The molecule has 0 aromatic carbocycles. The Bertz CT molecular complexity index is 321. The molecular formula is C13H21N3. The monoisotopic (exact) mass is 219 g/mol. The average Bonchev–Trinajstić information content (AvgIpc) is 3.14. The molecule has 2 atom stereocenters. The highest BCUT2D eigenvalue weighted by Gasteiger charge is 2.33. The summed E-state index contributed by atoms with van der Waals surface area (Å²) in [4.78, 5) is 6.57. The number of hydrogen-bond acceptors (Lipinski definition) is 3. The molecule has 88 valence electrons. The summed E-state index contributed by atoms with van der Waals surface area (Å²) in [6, 6.07) is 5.01. The third-order valence-corrected chi connectivity index (χ3v) is 3.73. The summed E-state index contributed by atoms with van der Waals surface area (Å²) in [7, 11) is 2.17. The highest BCUT2D eigenvalue weighted by molar-refractivity contribution is 5.15. The van der Waals surface area contributed by atoms with Crippen LogP contribution in [-0.2, 0) is 0 Å². The molecule has 1 aromatic heterocycles. The lowest BCUT2D eigenvalue weighted by molar-refractivity contribution is 0.171. The van der Waals surface area contributed by atoms with Crippen molar-refractivity contribution < 1.29 is 0 Å². The minimum Gasteiger partial charge on any atom is -0.329 e. The van der Waals surface area contributed by atoms with E-state index in [1.807, 2.05) is 12.3 Å². The quantitative estimate of drug-likeness (QED) is 0.821. The van der Waals surface area contributed by atoms with E-state index in [0.717, 1.165) is 5.92 Å². The third-order valence-electron chi connectivity index (χ3n) is 3.73. The lowest BCUT2D eigenvalue weighted by Crippen LogP contribution is -2.38. The van der Waals surface area contributed by atoms with Crippen LogP contribution in [0.5, 0.6) is 0 Å². The molecule has 16 heavy (non-hydrogen) atoms. The summed E-state index contributed by atoms with van der Waals surface area (Å²) in [5, 5.41) is 0. The van der Waals surface area contributed by atoms with Gasteiger partial charge in [-0.05, 0) is 44.4 Å². The number of aromatic nitrogens is 1. The van der Waals surface area contributed by atoms with E-state index in [2.05, 4.69) is 29.9 Å². The van der Waals surface area contributed by atoms with Gasteiger partial charge in [-0.1, -0.05) is 6.07 Å². The van der Waals surface area contributed by atoms with Gasteiger partial charge in [0.25, 0.3) is 0 Å². The Morgan fingerprint density at radius 3 is 2.81 bits per heavy atom. The van der Waals surface area contributed by atoms with E-state index in [4.69, 9.17) is 5.73 Å². The van der Waals surface area contributed by atoms with E-state index < -0.39 is 0 Å². The van der Waals surface area contributed by atoms with Crippen molar-refractivity contribution in [2.24, 2.45) is 11.7 Å². The Hall–Kier alpha value is -0.930. The van der Waals surface area contributed by atoms with E-state index in [9.17, 15) is 0 Å². The van der Waals surface area contributed by atoms with Crippen molar-refractivity contribution in [1.82, 2.24) is 9.88 Å². The predicted molar refractivity (Wildman–Crippen MR) is 66.0 cm³/mol. The first-order valence-corrected chi connectivity index (χ1v) is 6.06. The fourth-order valence-corrected chi connectivity index (χ4v) is 2.31. The summed E-state index contributed by atoms with van der Waals surface area (Å²) in [6.07, 6.45) is 6.47. The van der Waals surface area contributed by atoms with Gasteiger partial charge < -0.3 is 5.73 Å². The molecule has 1 saturated carbocycles. The zero-order valence-corrected chi connectivity index (χ0v) is 10.1. The fourth-order valence-electron chi connectivity index (χ4n) is 2.31. The molecule has 2 N–H and O–H groups in total. The molecule has 3 nitrogen and oxygen atoms in total. The molecule has 0 aliphatic heterocycles. The molecule has 1 fully saturated rings. The largest absolute Gasteiger partial charge is 0.329 e. The van der Waals surface area contributed by atoms with Crippen LogP contribution in [0, 0.1) is 5.92 Å². The standard InChI is InChI=1S/C13H21N3/c1-10(11-5-6-11)16(2)13(8-14)12-4-3-7-15-9-12/h3-4,7,9-11,13H,5-6,8,14H2,1-2H3. The Kier molecular flexibility index (Phi) is 3.56. The van der Waals surface area contributed by atoms with Crippen LogP contribution in [0.25, 0.3) is 0 Å². The van der Waals surface area contributed by atoms with Crippen LogP contribution < -0.4 is 5.73 Å². The summed E-state index contributed by atoms with van der Waals surface area (Å²) in [6.45, 7) is 2.95. The van der Waals surface area contributed by atoms with Crippen molar-refractivity contribution >= 4 is 0 Å². The first kappa shape index (κ1) is 11.6. The van der Waals surface area contributed by atoms with Gasteiger partial charge in [0.15, 0.2) is 0 Å². The second kappa shape index (κ2) is 4.93. The van der Waals surface area contributed by atoms with Crippen molar-refractivity contribution in [1.29, 1.82) is 0 Å². The fraction of sp³-hybridized carbons (Fsp3) is 0.615. The van der Waals surface area contributed by atoms with Gasteiger partial charge >= 0.3 is 0 Å². The Morgan fingerprint density at radius 1 is 1.56 bits per heavy atom. The van der Waals surface area contributed by atoms with Crippen LogP contribution in [-0.4, -0.2) is 29.5 Å². The van der Waals surface area contributed by atoms with Crippen molar-refractivity contribution in [2.45, 2.75) is 31.8 Å². The maximum Gasteiger partial charge on any atom is 0.0485 e. The Morgan fingerprint density at radius 2 is 2.31 bits per heavy atom.